The number of aliphatic hydroxyl groups excluding tert-OH is 1. The molecule has 2 saturated heterocycles. The molecule has 3 atom stereocenters. The third kappa shape index (κ3) is 1.10. The van der Waals surface area contributed by atoms with Crippen LogP contribution in [0.5, 0.6) is 0 Å². The predicted molar refractivity (Wildman–Crippen MR) is 47.7 cm³/mol. The van der Waals surface area contributed by atoms with Gasteiger partial charge in [0.25, 0.3) is 0 Å². The van der Waals surface area contributed by atoms with Crippen LogP contribution in [0.15, 0.2) is 0 Å². The van der Waals surface area contributed by atoms with Gasteiger partial charge in [0.15, 0.2) is 0 Å². The molecule has 2 fully saturated rings. The fourth-order valence-electron chi connectivity index (χ4n) is 2.40. The number of rotatable bonds is 0. The van der Waals surface area contributed by atoms with Crippen LogP contribution in [0, 0.1) is 0 Å². The number of nitrogens with zero attached hydrogens (tertiary/aromatic N) is 1. The van der Waals surface area contributed by atoms with E-state index in [0.717, 1.165) is 19.3 Å². The van der Waals surface area contributed by atoms with Gasteiger partial charge in [0.05, 0.1) is 11.0 Å². The van der Waals surface area contributed by atoms with Gasteiger partial charge >= 0.3 is 0 Å². The van der Waals surface area contributed by atoms with Crippen LogP contribution in [-0.2, 0) is 0 Å². The summed E-state index contributed by atoms with van der Waals surface area (Å²) in [7, 11) is 2.12. The lowest BCUT2D eigenvalue weighted by Crippen LogP contribution is -2.48. The van der Waals surface area contributed by atoms with E-state index in [1.54, 1.807) is 0 Å². The summed E-state index contributed by atoms with van der Waals surface area (Å²) in [6.45, 7) is 0. The van der Waals surface area contributed by atoms with Gasteiger partial charge in [-0.3, -0.25) is 4.90 Å². The minimum Gasteiger partial charge on any atom is -0.393 e. The third-order valence-corrected chi connectivity index (χ3v) is 3.91. The number of fused-ring (bicyclic) bond motifs is 2. The van der Waals surface area contributed by atoms with Gasteiger partial charge in [-0.15, -0.1) is 0 Å². The lowest BCUT2D eigenvalue weighted by atomic mass is 10.0. The molecule has 0 aromatic heterocycles. The Morgan fingerprint density at radius 2 is 2.36 bits per heavy atom. The number of thiol groups is 1. The number of piperidine rings is 1. The number of aliphatic hydroxyl groups is 1. The molecule has 0 saturated carbocycles. The van der Waals surface area contributed by atoms with Crippen molar-refractivity contribution >= 4 is 12.6 Å². The second kappa shape index (κ2) is 2.38. The van der Waals surface area contributed by atoms with Crippen molar-refractivity contribution in [1.82, 2.24) is 4.90 Å². The molecule has 3 heteroatoms. The minimum absolute atomic E-state index is 0.00231. The van der Waals surface area contributed by atoms with E-state index in [2.05, 4.69) is 24.6 Å². The quantitative estimate of drug-likeness (QED) is 0.531. The topological polar surface area (TPSA) is 23.5 Å². The Hall–Kier alpha value is 0.270. The van der Waals surface area contributed by atoms with Crippen molar-refractivity contribution in [3.63, 3.8) is 0 Å². The maximum absolute atomic E-state index is 9.50. The summed E-state index contributed by atoms with van der Waals surface area (Å²) in [4.78, 5) is 2.32. The zero-order valence-corrected chi connectivity index (χ0v) is 7.72. The van der Waals surface area contributed by atoms with Gasteiger partial charge in [-0.05, 0) is 26.3 Å². The van der Waals surface area contributed by atoms with Crippen molar-refractivity contribution in [2.45, 2.75) is 42.7 Å². The first-order valence-corrected chi connectivity index (χ1v) is 4.70. The van der Waals surface area contributed by atoms with Crippen molar-refractivity contribution in [2.24, 2.45) is 0 Å². The van der Waals surface area contributed by atoms with Crippen LogP contribution in [0.1, 0.15) is 25.7 Å². The van der Waals surface area contributed by atoms with Crippen molar-refractivity contribution in [3.8, 4) is 0 Å². The van der Waals surface area contributed by atoms with Crippen molar-refractivity contribution in [3.05, 3.63) is 0 Å². The van der Waals surface area contributed by atoms with Crippen LogP contribution in [0.25, 0.3) is 0 Å². The van der Waals surface area contributed by atoms with E-state index in [1.165, 1.54) is 6.42 Å². The first-order valence-electron chi connectivity index (χ1n) is 4.25. The molecular weight excluding hydrogens is 158 g/mol. The molecule has 2 heterocycles. The highest BCUT2D eigenvalue weighted by atomic mass is 32.1. The van der Waals surface area contributed by atoms with E-state index in [9.17, 15) is 5.11 Å². The molecule has 2 bridgehead atoms. The molecular formula is C8H15NOS. The van der Waals surface area contributed by atoms with Gasteiger partial charge in [0, 0.05) is 12.5 Å². The van der Waals surface area contributed by atoms with Gasteiger partial charge in [-0.25, -0.2) is 0 Å². The summed E-state index contributed by atoms with van der Waals surface area (Å²) in [6.07, 6.45) is 4.00. The molecule has 0 radical (unpaired) electrons. The molecule has 2 nitrogen and oxygen atoms in total. The van der Waals surface area contributed by atoms with Crippen LogP contribution in [0.2, 0.25) is 0 Å². The Morgan fingerprint density at radius 3 is 3.00 bits per heavy atom. The zero-order valence-electron chi connectivity index (χ0n) is 6.82. The molecule has 0 aliphatic carbocycles. The average Bonchev–Trinajstić information content (AvgIpc) is 2.17. The summed E-state index contributed by atoms with van der Waals surface area (Å²) in [6, 6.07) is 0.580. The predicted octanol–water partition coefficient (Wildman–Crippen LogP) is 0.861. The summed E-state index contributed by atoms with van der Waals surface area (Å²) in [5, 5.41) is 9.50. The average molecular weight is 173 g/mol. The monoisotopic (exact) mass is 173 g/mol. The maximum Gasteiger partial charge on any atom is 0.0665 e. The van der Waals surface area contributed by atoms with Gasteiger partial charge in [0.2, 0.25) is 0 Å². The molecule has 0 aromatic carbocycles. The Kier molecular flexibility index (Phi) is 1.71. The van der Waals surface area contributed by atoms with Crippen molar-refractivity contribution < 1.29 is 5.11 Å². The lowest BCUT2D eigenvalue weighted by molar-refractivity contribution is 0.0381. The van der Waals surface area contributed by atoms with Gasteiger partial charge in [-0.1, -0.05) is 0 Å². The lowest BCUT2D eigenvalue weighted by Gasteiger charge is -2.41. The van der Waals surface area contributed by atoms with E-state index in [-0.39, 0.29) is 11.0 Å². The van der Waals surface area contributed by atoms with Crippen LogP contribution in [0.3, 0.4) is 0 Å². The number of hydrogen-bond donors (Lipinski definition) is 2. The summed E-state index contributed by atoms with van der Waals surface area (Å²) < 4.78 is 0. The summed E-state index contributed by atoms with van der Waals surface area (Å²) in [5.41, 5.74) is 0. The molecule has 0 amide bonds. The highest BCUT2D eigenvalue weighted by molar-refractivity contribution is 7.81. The standard InChI is InChI=1S/C8H15NOS/c1-9-6-2-3-8(9,11)5-7(10)4-6/h6-7,10-11H,2-5H2,1H3. The van der Waals surface area contributed by atoms with Crippen LogP contribution >= 0.6 is 12.6 Å². The van der Waals surface area contributed by atoms with Gasteiger partial charge < -0.3 is 5.11 Å². The Labute approximate surface area is 73.0 Å². The third-order valence-electron chi connectivity index (χ3n) is 3.19. The van der Waals surface area contributed by atoms with E-state index in [4.69, 9.17) is 0 Å². The highest BCUT2D eigenvalue weighted by Crippen LogP contribution is 2.45. The molecule has 64 valence electrons. The molecule has 1 N–H and O–H groups in total. The molecule has 2 aliphatic rings. The van der Waals surface area contributed by atoms with E-state index < -0.39 is 0 Å². The normalized spacial score (nSPS) is 51.5. The SMILES string of the molecule is CN1C2CCC1(S)CC(O)C2. The molecule has 3 unspecified atom stereocenters. The molecule has 0 spiro atoms. The highest BCUT2D eigenvalue weighted by Gasteiger charge is 2.47. The second-order valence-electron chi connectivity index (χ2n) is 3.88. The molecule has 0 aromatic rings. The van der Waals surface area contributed by atoms with E-state index in [1.807, 2.05) is 0 Å². The fourth-order valence-corrected chi connectivity index (χ4v) is 2.91. The second-order valence-corrected chi connectivity index (χ2v) is 4.71. The van der Waals surface area contributed by atoms with Crippen LogP contribution < -0.4 is 0 Å². The van der Waals surface area contributed by atoms with E-state index in [0.29, 0.717) is 6.04 Å². The molecule has 2 rings (SSSR count). The first kappa shape index (κ1) is 7.90. The van der Waals surface area contributed by atoms with Crippen LogP contribution in [-0.4, -0.2) is 34.1 Å². The smallest absolute Gasteiger partial charge is 0.0665 e. The Morgan fingerprint density at radius 1 is 1.64 bits per heavy atom. The van der Waals surface area contributed by atoms with Gasteiger partial charge in [0.1, 0.15) is 0 Å². The maximum atomic E-state index is 9.50. The largest absolute Gasteiger partial charge is 0.393 e. The summed E-state index contributed by atoms with van der Waals surface area (Å²) in [5.74, 6) is 0. The zero-order chi connectivity index (χ0) is 8.06. The number of hydrogen-bond acceptors (Lipinski definition) is 3. The fraction of sp³-hybridized carbons (Fsp3) is 1.00. The minimum atomic E-state index is -0.115. The van der Waals surface area contributed by atoms with Crippen molar-refractivity contribution in [2.75, 3.05) is 7.05 Å². The molecule has 2 aliphatic heterocycles. The van der Waals surface area contributed by atoms with Crippen LogP contribution in [0.4, 0.5) is 0 Å². The first-order chi connectivity index (χ1) is 5.12. The van der Waals surface area contributed by atoms with E-state index >= 15 is 0 Å². The Balaban J connectivity index is 2.20. The summed E-state index contributed by atoms with van der Waals surface area (Å²) >= 11 is 4.61. The Bertz CT molecular complexity index is 175. The molecule has 11 heavy (non-hydrogen) atoms. The van der Waals surface area contributed by atoms with Crippen molar-refractivity contribution in [1.29, 1.82) is 0 Å². The van der Waals surface area contributed by atoms with Gasteiger partial charge in [-0.2, -0.15) is 12.6 Å².